The highest BCUT2D eigenvalue weighted by molar-refractivity contribution is 7.92. The second kappa shape index (κ2) is 10.6. The minimum Gasteiger partial charge on any atom is -0.370 e. The van der Waals surface area contributed by atoms with Gasteiger partial charge in [-0.25, -0.2) is 8.42 Å². The molecule has 5 nitrogen and oxygen atoms in total. The first-order valence-corrected chi connectivity index (χ1v) is 12.3. The maximum absolute atomic E-state index is 13.2. The Morgan fingerprint density at radius 2 is 1.39 bits per heavy atom. The SMILES string of the molecule is C=C(C)CS(=O)(=O)C1OC(C)C(C)C(OCc2ccccc2)C1OCc1ccccc1. The molecule has 31 heavy (non-hydrogen) atoms. The molecular formula is C25H32O5S. The number of rotatable bonds is 9. The van der Waals surface area contributed by atoms with Crippen LogP contribution in [-0.4, -0.2) is 37.9 Å². The predicted molar refractivity (Wildman–Crippen MR) is 122 cm³/mol. The lowest BCUT2D eigenvalue weighted by Crippen LogP contribution is -2.57. The smallest absolute Gasteiger partial charge is 0.187 e. The Labute approximate surface area is 186 Å². The van der Waals surface area contributed by atoms with Crippen molar-refractivity contribution < 1.29 is 22.6 Å². The molecule has 6 heteroatoms. The summed E-state index contributed by atoms with van der Waals surface area (Å²) in [6.45, 7) is 10.0. The van der Waals surface area contributed by atoms with Crippen molar-refractivity contribution >= 4 is 9.84 Å². The maximum Gasteiger partial charge on any atom is 0.187 e. The van der Waals surface area contributed by atoms with E-state index in [1.165, 1.54) is 0 Å². The van der Waals surface area contributed by atoms with Crippen LogP contribution in [0.25, 0.3) is 0 Å². The lowest BCUT2D eigenvalue weighted by molar-refractivity contribution is -0.206. The fourth-order valence-corrected chi connectivity index (χ4v) is 5.64. The number of hydrogen-bond acceptors (Lipinski definition) is 5. The van der Waals surface area contributed by atoms with Gasteiger partial charge in [-0.15, -0.1) is 0 Å². The van der Waals surface area contributed by atoms with Crippen LogP contribution in [0.3, 0.4) is 0 Å². The third-order valence-corrected chi connectivity index (χ3v) is 7.55. The van der Waals surface area contributed by atoms with Crippen LogP contribution in [0.2, 0.25) is 0 Å². The van der Waals surface area contributed by atoms with E-state index in [4.69, 9.17) is 14.2 Å². The first kappa shape index (κ1) is 23.7. The van der Waals surface area contributed by atoms with Crippen LogP contribution in [0.5, 0.6) is 0 Å². The highest BCUT2D eigenvalue weighted by atomic mass is 32.2. The molecule has 5 atom stereocenters. The Bertz CT molecular complexity index is 942. The summed E-state index contributed by atoms with van der Waals surface area (Å²) in [5.74, 6) is -0.184. The number of hydrogen-bond donors (Lipinski definition) is 0. The van der Waals surface area contributed by atoms with Gasteiger partial charge in [-0.3, -0.25) is 0 Å². The van der Waals surface area contributed by atoms with Crippen molar-refractivity contribution in [3.8, 4) is 0 Å². The number of ether oxygens (including phenoxy) is 3. The highest BCUT2D eigenvalue weighted by Gasteiger charge is 2.49. The molecule has 0 saturated carbocycles. The molecule has 168 valence electrons. The van der Waals surface area contributed by atoms with Gasteiger partial charge in [-0.05, 0) is 25.0 Å². The van der Waals surface area contributed by atoms with Crippen LogP contribution in [-0.2, 0) is 37.3 Å². The molecule has 0 aliphatic carbocycles. The zero-order valence-corrected chi connectivity index (χ0v) is 19.3. The summed E-state index contributed by atoms with van der Waals surface area (Å²) < 4.78 is 44.9. The normalized spacial score (nSPS) is 26.5. The fourth-order valence-electron chi connectivity index (χ4n) is 3.80. The Balaban J connectivity index is 1.87. The lowest BCUT2D eigenvalue weighted by atomic mass is 9.92. The van der Waals surface area contributed by atoms with Crippen LogP contribution in [0, 0.1) is 5.92 Å². The summed E-state index contributed by atoms with van der Waals surface area (Å²) >= 11 is 0. The Morgan fingerprint density at radius 3 is 1.87 bits per heavy atom. The van der Waals surface area contributed by atoms with Crippen LogP contribution in [0.15, 0.2) is 72.8 Å². The highest BCUT2D eigenvalue weighted by Crippen LogP contribution is 2.34. The van der Waals surface area contributed by atoms with E-state index in [0.29, 0.717) is 12.2 Å². The Morgan fingerprint density at radius 1 is 0.903 bits per heavy atom. The van der Waals surface area contributed by atoms with Gasteiger partial charge in [-0.2, -0.15) is 0 Å². The summed E-state index contributed by atoms with van der Waals surface area (Å²) in [5.41, 5.74) is 1.45. The van der Waals surface area contributed by atoms with E-state index in [-0.39, 0.29) is 24.4 Å². The molecule has 2 aromatic rings. The minimum absolute atomic E-state index is 0.0410. The third-order valence-electron chi connectivity index (χ3n) is 5.57. The zero-order valence-electron chi connectivity index (χ0n) is 18.4. The first-order chi connectivity index (χ1) is 14.8. The number of benzene rings is 2. The monoisotopic (exact) mass is 444 g/mol. The molecule has 0 radical (unpaired) electrons. The van der Waals surface area contributed by atoms with Crippen LogP contribution in [0.1, 0.15) is 31.9 Å². The van der Waals surface area contributed by atoms with Crippen molar-refractivity contribution in [1.29, 1.82) is 0 Å². The van der Waals surface area contributed by atoms with E-state index >= 15 is 0 Å². The second-order valence-corrected chi connectivity index (χ2v) is 10.4. The summed E-state index contributed by atoms with van der Waals surface area (Å²) in [6, 6.07) is 19.5. The first-order valence-electron chi connectivity index (χ1n) is 10.6. The van der Waals surface area contributed by atoms with Crippen molar-refractivity contribution in [1.82, 2.24) is 0 Å². The largest absolute Gasteiger partial charge is 0.370 e. The average Bonchev–Trinajstić information content (AvgIpc) is 2.74. The van der Waals surface area contributed by atoms with Crippen molar-refractivity contribution in [2.75, 3.05) is 5.75 Å². The van der Waals surface area contributed by atoms with Crippen molar-refractivity contribution in [2.24, 2.45) is 5.92 Å². The quantitative estimate of drug-likeness (QED) is 0.532. The molecule has 1 fully saturated rings. The van der Waals surface area contributed by atoms with E-state index in [1.807, 2.05) is 74.5 Å². The van der Waals surface area contributed by atoms with Gasteiger partial charge in [0, 0.05) is 5.92 Å². The lowest BCUT2D eigenvalue weighted by Gasteiger charge is -2.44. The van der Waals surface area contributed by atoms with Gasteiger partial charge in [-0.1, -0.05) is 79.7 Å². The number of sulfone groups is 1. The minimum atomic E-state index is -3.64. The molecule has 0 spiro atoms. The average molecular weight is 445 g/mol. The fraction of sp³-hybridized carbons (Fsp3) is 0.440. The molecule has 0 amide bonds. The van der Waals surface area contributed by atoms with Gasteiger partial charge >= 0.3 is 0 Å². The van der Waals surface area contributed by atoms with Crippen LogP contribution in [0.4, 0.5) is 0 Å². The second-order valence-electron chi connectivity index (χ2n) is 8.36. The van der Waals surface area contributed by atoms with Crippen LogP contribution >= 0.6 is 0 Å². The van der Waals surface area contributed by atoms with E-state index in [0.717, 1.165) is 11.1 Å². The molecule has 0 bridgehead atoms. The predicted octanol–water partition coefficient (Wildman–Crippen LogP) is 4.53. The maximum atomic E-state index is 13.2. The van der Waals surface area contributed by atoms with Gasteiger partial charge in [0.15, 0.2) is 15.3 Å². The molecule has 5 unspecified atom stereocenters. The van der Waals surface area contributed by atoms with E-state index in [1.54, 1.807) is 6.92 Å². The van der Waals surface area contributed by atoms with Crippen molar-refractivity contribution in [3.63, 3.8) is 0 Å². The van der Waals surface area contributed by atoms with E-state index in [2.05, 4.69) is 6.58 Å². The molecular weight excluding hydrogens is 412 g/mol. The molecule has 1 aliphatic heterocycles. The van der Waals surface area contributed by atoms with E-state index in [9.17, 15) is 8.42 Å². The van der Waals surface area contributed by atoms with E-state index < -0.39 is 27.5 Å². The van der Waals surface area contributed by atoms with Gasteiger partial charge in [0.1, 0.15) is 6.10 Å². The molecule has 1 aliphatic rings. The Kier molecular flexibility index (Phi) is 8.06. The van der Waals surface area contributed by atoms with Gasteiger partial charge in [0.2, 0.25) is 0 Å². The summed E-state index contributed by atoms with van der Waals surface area (Å²) in [6.07, 6.45) is -1.47. The summed E-state index contributed by atoms with van der Waals surface area (Å²) in [5, 5.41) is 0. The van der Waals surface area contributed by atoms with Gasteiger partial charge < -0.3 is 14.2 Å². The standard InChI is InChI=1S/C25H32O5S/c1-18(2)17-31(26,27)25-24(29-16-22-13-9-6-10-14-22)23(19(3)20(4)30-25)28-15-21-11-7-5-8-12-21/h5-14,19-20,23-25H,1,15-17H2,2-4H3. The molecule has 1 heterocycles. The van der Waals surface area contributed by atoms with Crippen LogP contribution < -0.4 is 0 Å². The van der Waals surface area contributed by atoms with Gasteiger partial charge in [0.05, 0.1) is 31.2 Å². The molecule has 0 aromatic heterocycles. The van der Waals surface area contributed by atoms with Gasteiger partial charge in [0.25, 0.3) is 0 Å². The topological polar surface area (TPSA) is 61.8 Å². The van der Waals surface area contributed by atoms with Crippen molar-refractivity contribution in [2.45, 2.75) is 57.7 Å². The van der Waals surface area contributed by atoms with Crippen molar-refractivity contribution in [3.05, 3.63) is 83.9 Å². The summed E-state index contributed by atoms with van der Waals surface area (Å²) in [7, 11) is -3.64. The Hall–Kier alpha value is -1.99. The molecule has 1 saturated heterocycles. The molecule has 3 rings (SSSR count). The third kappa shape index (κ3) is 6.26. The molecule has 2 aromatic carbocycles. The summed E-state index contributed by atoms with van der Waals surface area (Å²) in [4.78, 5) is 0. The zero-order chi connectivity index (χ0) is 22.4. The molecule has 0 N–H and O–H groups in total.